The Kier molecular flexibility index (Phi) is 10.6. The fraction of sp³-hybridized carbons (Fsp3) is 0.824. The Morgan fingerprint density at radius 2 is 1.68 bits per heavy atom. The molecule has 0 bridgehead atoms. The van der Waals surface area contributed by atoms with E-state index < -0.39 is 0 Å². The van der Waals surface area contributed by atoms with Crippen LogP contribution in [-0.2, 0) is 4.79 Å². The van der Waals surface area contributed by atoms with E-state index in [-0.39, 0.29) is 11.3 Å². The van der Waals surface area contributed by atoms with Crippen LogP contribution in [0.3, 0.4) is 0 Å². The highest BCUT2D eigenvalue weighted by Crippen LogP contribution is 2.30. The van der Waals surface area contributed by atoms with Crippen LogP contribution in [0.4, 0.5) is 0 Å². The lowest BCUT2D eigenvalue weighted by molar-refractivity contribution is -0.117. The molecule has 0 saturated heterocycles. The van der Waals surface area contributed by atoms with Crippen LogP contribution in [-0.4, -0.2) is 12.5 Å². The predicted molar refractivity (Wildman–Crippen MR) is 84.2 cm³/mol. The van der Waals surface area contributed by atoms with Gasteiger partial charge in [-0.15, -0.1) is 0 Å². The van der Waals surface area contributed by atoms with Crippen LogP contribution in [0.5, 0.6) is 0 Å². The lowest BCUT2D eigenvalue weighted by Crippen LogP contribution is -2.35. The number of allylic oxidation sites excluding steroid dienone is 1. The van der Waals surface area contributed by atoms with Gasteiger partial charge in [-0.25, -0.2) is 0 Å². The maximum Gasteiger partial charge on any atom is 0.243 e. The third-order valence-electron chi connectivity index (χ3n) is 3.78. The number of amides is 1. The molecule has 1 amide bonds. The van der Waals surface area contributed by atoms with Crippen LogP contribution in [0, 0.1) is 5.41 Å². The first-order valence-electron chi connectivity index (χ1n) is 7.98. The minimum Gasteiger partial charge on any atom is -0.352 e. The van der Waals surface area contributed by atoms with Gasteiger partial charge >= 0.3 is 0 Å². The molecule has 1 N–H and O–H groups in total. The second-order valence-electron chi connectivity index (χ2n) is 5.94. The van der Waals surface area contributed by atoms with Gasteiger partial charge in [0, 0.05) is 6.54 Å². The largest absolute Gasteiger partial charge is 0.352 e. The Hall–Kier alpha value is -0.790. The number of hydrogen-bond donors (Lipinski definition) is 1. The molecule has 0 aromatic heterocycles. The Bertz CT molecular complexity index is 260. The molecule has 0 saturated carbocycles. The molecule has 2 nitrogen and oxygen atoms in total. The Labute approximate surface area is 120 Å². The molecule has 0 spiro atoms. The maximum atomic E-state index is 11.5. The van der Waals surface area contributed by atoms with Crippen molar-refractivity contribution in [1.82, 2.24) is 5.32 Å². The number of carbonyl (C=O) groups excluding carboxylic acids is 1. The molecule has 1 unspecified atom stereocenters. The van der Waals surface area contributed by atoms with Crippen molar-refractivity contribution in [3.8, 4) is 0 Å². The van der Waals surface area contributed by atoms with E-state index in [4.69, 9.17) is 0 Å². The van der Waals surface area contributed by atoms with Gasteiger partial charge in [0.15, 0.2) is 0 Å². The average Bonchev–Trinajstić information content (AvgIpc) is 2.40. The van der Waals surface area contributed by atoms with Crippen molar-refractivity contribution in [3.05, 3.63) is 12.2 Å². The van der Waals surface area contributed by atoms with Crippen LogP contribution in [0.1, 0.15) is 79.1 Å². The fourth-order valence-electron chi connectivity index (χ4n) is 2.39. The summed E-state index contributed by atoms with van der Waals surface area (Å²) in [5.74, 6) is 0.0405. The molecule has 0 aliphatic heterocycles. The molecule has 0 fully saturated rings. The van der Waals surface area contributed by atoms with Crippen LogP contribution < -0.4 is 5.32 Å². The molecule has 0 aliphatic carbocycles. The number of nitrogens with one attached hydrogen (secondary N) is 1. The van der Waals surface area contributed by atoms with E-state index in [1.54, 1.807) is 12.2 Å². The van der Waals surface area contributed by atoms with Crippen molar-refractivity contribution in [1.29, 1.82) is 0 Å². The number of carbonyl (C=O) groups is 1. The first-order valence-corrected chi connectivity index (χ1v) is 7.98. The molecule has 112 valence electrons. The number of hydrogen-bond acceptors (Lipinski definition) is 1. The van der Waals surface area contributed by atoms with Gasteiger partial charge in [-0.3, -0.25) is 4.79 Å². The summed E-state index contributed by atoms with van der Waals surface area (Å²) in [7, 11) is 0. The van der Waals surface area contributed by atoms with Gasteiger partial charge < -0.3 is 5.32 Å². The van der Waals surface area contributed by atoms with Gasteiger partial charge in [-0.2, -0.15) is 0 Å². The topological polar surface area (TPSA) is 29.1 Å². The standard InChI is InChI=1S/C17H33NO/c1-5-8-10-11-14-17(4,13-9-6-2)15-18-16(19)12-7-3/h7,12H,5-6,8-11,13-15H2,1-4H3,(H,18,19)/b12-7+. The van der Waals surface area contributed by atoms with E-state index in [9.17, 15) is 4.79 Å². The first-order chi connectivity index (χ1) is 9.08. The van der Waals surface area contributed by atoms with E-state index >= 15 is 0 Å². The maximum absolute atomic E-state index is 11.5. The van der Waals surface area contributed by atoms with Gasteiger partial charge in [-0.05, 0) is 31.3 Å². The third kappa shape index (κ3) is 9.75. The highest BCUT2D eigenvalue weighted by molar-refractivity contribution is 5.87. The van der Waals surface area contributed by atoms with Crippen molar-refractivity contribution in [3.63, 3.8) is 0 Å². The van der Waals surface area contributed by atoms with Crippen molar-refractivity contribution >= 4 is 5.91 Å². The summed E-state index contributed by atoms with van der Waals surface area (Å²) in [6, 6.07) is 0. The molecule has 0 rings (SSSR count). The molecule has 0 aromatic carbocycles. The number of rotatable bonds is 11. The smallest absolute Gasteiger partial charge is 0.243 e. The summed E-state index contributed by atoms with van der Waals surface area (Å²) in [6.45, 7) is 9.48. The van der Waals surface area contributed by atoms with Crippen LogP contribution >= 0.6 is 0 Å². The zero-order valence-electron chi connectivity index (χ0n) is 13.4. The summed E-state index contributed by atoms with van der Waals surface area (Å²) in [5.41, 5.74) is 0.265. The van der Waals surface area contributed by atoms with Crippen LogP contribution in [0.25, 0.3) is 0 Å². The van der Waals surface area contributed by atoms with Crippen molar-refractivity contribution < 1.29 is 4.79 Å². The Morgan fingerprint density at radius 3 is 2.26 bits per heavy atom. The molecule has 0 heterocycles. The zero-order valence-corrected chi connectivity index (χ0v) is 13.4. The molecule has 1 atom stereocenters. The van der Waals surface area contributed by atoms with E-state index in [1.807, 2.05) is 6.92 Å². The Balaban J connectivity index is 4.20. The van der Waals surface area contributed by atoms with Gasteiger partial charge in [0.05, 0.1) is 0 Å². The molecule has 2 heteroatoms. The predicted octanol–water partition coefficient (Wildman–Crippen LogP) is 4.85. The van der Waals surface area contributed by atoms with E-state index in [0.717, 1.165) is 6.54 Å². The molecule has 0 radical (unpaired) electrons. The normalized spacial score (nSPS) is 14.5. The van der Waals surface area contributed by atoms with E-state index in [0.29, 0.717) is 0 Å². The summed E-state index contributed by atoms with van der Waals surface area (Å²) in [5, 5.41) is 3.05. The van der Waals surface area contributed by atoms with Crippen molar-refractivity contribution in [2.24, 2.45) is 5.41 Å². The third-order valence-corrected chi connectivity index (χ3v) is 3.78. The monoisotopic (exact) mass is 267 g/mol. The van der Waals surface area contributed by atoms with Crippen LogP contribution in [0.2, 0.25) is 0 Å². The first kappa shape index (κ1) is 18.2. The van der Waals surface area contributed by atoms with Gasteiger partial charge in [0.1, 0.15) is 0 Å². The highest BCUT2D eigenvalue weighted by Gasteiger charge is 2.23. The van der Waals surface area contributed by atoms with Gasteiger partial charge in [0.2, 0.25) is 5.91 Å². The quantitative estimate of drug-likeness (QED) is 0.421. The fourth-order valence-corrected chi connectivity index (χ4v) is 2.39. The second-order valence-corrected chi connectivity index (χ2v) is 5.94. The van der Waals surface area contributed by atoms with Crippen molar-refractivity contribution in [2.45, 2.75) is 79.1 Å². The van der Waals surface area contributed by atoms with Gasteiger partial charge in [0.25, 0.3) is 0 Å². The molecular formula is C17H33NO. The lowest BCUT2D eigenvalue weighted by atomic mass is 9.80. The van der Waals surface area contributed by atoms with Gasteiger partial charge in [-0.1, -0.05) is 65.4 Å². The van der Waals surface area contributed by atoms with Crippen LogP contribution in [0.15, 0.2) is 12.2 Å². The zero-order chi connectivity index (χ0) is 14.6. The SMILES string of the molecule is C/C=C/C(=O)NCC(C)(CCCC)CCCCCC. The minimum absolute atomic E-state index is 0.0405. The molecular weight excluding hydrogens is 234 g/mol. The van der Waals surface area contributed by atoms with E-state index in [2.05, 4.69) is 26.1 Å². The molecule has 19 heavy (non-hydrogen) atoms. The summed E-state index contributed by atoms with van der Waals surface area (Å²) in [6.07, 6.45) is 13.5. The summed E-state index contributed by atoms with van der Waals surface area (Å²) < 4.78 is 0. The number of unbranched alkanes of at least 4 members (excludes halogenated alkanes) is 4. The highest BCUT2D eigenvalue weighted by atomic mass is 16.1. The molecule has 0 aliphatic rings. The molecule has 0 aromatic rings. The van der Waals surface area contributed by atoms with Crippen molar-refractivity contribution in [2.75, 3.05) is 6.54 Å². The Morgan fingerprint density at radius 1 is 1.05 bits per heavy atom. The summed E-state index contributed by atoms with van der Waals surface area (Å²) in [4.78, 5) is 11.5. The average molecular weight is 267 g/mol. The minimum atomic E-state index is 0.0405. The lowest BCUT2D eigenvalue weighted by Gasteiger charge is -2.30. The summed E-state index contributed by atoms with van der Waals surface area (Å²) >= 11 is 0. The second kappa shape index (κ2) is 11.1. The van der Waals surface area contributed by atoms with E-state index in [1.165, 1.54) is 51.4 Å².